The first-order valence-corrected chi connectivity index (χ1v) is 20.0. The van der Waals surface area contributed by atoms with Gasteiger partial charge in [-0.05, 0) is 93.5 Å². The van der Waals surface area contributed by atoms with Gasteiger partial charge in [0.1, 0.15) is 40.2 Å². The molecule has 3 fully saturated rings. The lowest BCUT2D eigenvalue weighted by Crippen LogP contribution is -2.52. The number of fused-ring (bicyclic) bond motifs is 3. The second-order valence-corrected chi connectivity index (χ2v) is 16.5. The molecule has 12 nitrogen and oxygen atoms in total. The molecule has 3 aliphatic rings. The lowest BCUT2D eigenvalue weighted by atomic mass is 9.79. The number of hydrogen-bond donors (Lipinski definition) is 1. The molecule has 7 atom stereocenters. The van der Waals surface area contributed by atoms with Crippen LogP contribution in [0, 0.1) is 17.2 Å². The number of nitrogens with two attached hydrogens (primary N) is 1. The van der Waals surface area contributed by atoms with Crippen LogP contribution in [0.25, 0.3) is 0 Å². The van der Waals surface area contributed by atoms with Crippen LogP contribution in [0.1, 0.15) is 69.9 Å². The summed E-state index contributed by atoms with van der Waals surface area (Å²) >= 11 is 0. The van der Waals surface area contributed by atoms with E-state index < -0.39 is 49.5 Å². The van der Waals surface area contributed by atoms with Crippen molar-refractivity contribution < 1.29 is 32.4 Å². The number of aromatic nitrogens is 2. The van der Waals surface area contributed by atoms with E-state index in [1.807, 2.05) is 107 Å². The highest BCUT2D eigenvalue weighted by Crippen LogP contribution is 2.73. The van der Waals surface area contributed by atoms with Crippen LogP contribution in [-0.4, -0.2) is 70.6 Å². The van der Waals surface area contributed by atoms with E-state index >= 15 is 4.39 Å². The van der Waals surface area contributed by atoms with Gasteiger partial charge in [-0.15, -0.1) is 0 Å². The molecular weight excluding hydrogens is 736 g/mol. The van der Waals surface area contributed by atoms with Crippen LogP contribution in [0.3, 0.4) is 0 Å². The second kappa shape index (κ2) is 15.9. The van der Waals surface area contributed by atoms with Crippen molar-refractivity contribution in [1.29, 1.82) is 5.26 Å². The Bertz CT molecular complexity index is 2030. The second-order valence-electron chi connectivity index (χ2n) is 15.1. The van der Waals surface area contributed by atoms with Gasteiger partial charge in [-0.1, -0.05) is 54.6 Å². The fourth-order valence-electron chi connectivity index (χ4n) is 8.59. The zero-order chi connectivity index (χ0) is 39.8. The highest BCUT2D eigenvalue weighted by molar-refractivity contribution is 7.44. The summed E-state index contributed by atoms with van der Waals surface area (Å²) in [7, 11) is 1.30. The number of alkyl halides is 1. The topological polar surface area (TPSA) is 143 Å². The van der Waals surface area contributed by atoms with Crippen molar-refractivity contribution in [2.24, 2.45) is 5.92 Å². The third-order valence-electron chi connectivity index (χ3n) is 11.1. The van der Waals surface area contributed by atoms with E-state index in [2.05, 4.69) is 15.7 Å². The first kappa shape index (κ1) is 39.8. The van der Waals surface area contributed by atoms with Crippen LogP contribution in [0.5, 0.6) is 11.5 Å². The van der Waals surface area contributed by atoms with Crippen LogP contribution < -0.4 is 20.9 Å². The predicted molar refractivity (Wildman–Crippen MR) is 210 cm³/mol. The first-order chi connectivity index (χ1) is 26.9. The maximum Gasteiger partial charge on any atom is 0.351 e. The van der Waals surface area contributed by atoms with Gasteiger partial charge in [-0.2, -0.15) is 10.2 Å². The predicted octanol–water partition coefficient (Wildman–Crippen LogP) is 7.28. The van der Waals surface area contributed by atoms with Gasteiger partial charge < -0.3 is 33.7 Å². The van der Waals surface area contributed by atoms with Gasteiger partial charge in [-0.3, -0.25) is 4.57 Å². The van der Waals surface area contributed by atoms with Crippen molar-refractivity contribution in [3.63, 3.8) is 0 Å². The first-order valence-electron chi connectivity index (χ1n) is 18.9. The molecule has 0 bridgehead atoms. The third-order valence-corrected chi connectivity index (χ3v) is 13.3. The van der Waals surface area contributed by atoms with E-state index in [0.717, 1.165) is 21.3 Å². The molecule has 1 aromatic heterocycles. The third kappa shape index (κ3) is 6.87. The van der Waals surface area contributed by atoms with Gasteiger partial charge in [0.25, 0.3) is 8.53 Å². The molecule has 3 aromatic carbocycles. The van der Waals surface area contributed by atoms with E-state index in [0.29, 0.717) is 17.9 Å². The standard InChI is InChI=1S/C42H49FN5O7P/c1-27(2)48(28(3)4)56(52-24-10-22-44)55-41-26-32-25-40(32,38(41)53-37(36(41)43)47-23-21-35(45)46-39(47)49)54-42(29-11-8-7-9-12-29,30-13-17-33(50-5)18-14-30)31-15-19-34(51-6)20-16-31/h7-9,11-21,23,27-28,32,36-38H,10,24-26H2,1-6H3,(H2,45,46,49)/t32-,36+,37+,38+,40+,41-,56?/m0/s1. The number of nitrogens with zero attached hydrogens (tertiary/aromatic N) is 4. The Labute approximate surface area is 328 Å². The molecule has 1 saturated heterocycles. The SMILES string of the molecule is COc1ccc(C(O[C@]23C[C@H]2C[C@@]2(OP(OCCC#N)N(C(C)C)C(C)C)[C@@H]3O[C@@H](n3ccc(N)nc3=O)[C@H]2F)(c2ccccc2)c2ccc(OC)cc2)cc1. The summed E-state index contributed by atoms with van der Waals surface area (Å²) in [6, 6.07) is 28.9. The molecule has 2 heterocycles. The molecule has 0 amide bonds. The number of hydrogen-bond acceptors (Lipinski definition) is 11. The van der Waals surface area contributed by atoms with Crippen molar-refractivity contribution >= 4 is 14.3 Å². The average Bonchev–Trinajstić information content (AvgIpc) is 3.70. The number of nitriles is 1. The van der Waals surface area contributed by atoms with Gasteiger partial charge in [0.2, 0.25) is 0 Å². The highest BCUT2D eigenvalue weighted by Gasteiger charge is 2.82. The highest BCUT2D eigenvalue weighted by atomic mass is 31.2. The number of halogens is 1. The maximum absolute atomic E-state index is 17.8. The quantitative estimate of drug-likeness (QED) is 0.0696. The summed E-state index contributed by atoms with van der Waals surface area (Å²) in [6.07, 6.45) is -1.95. The van der Waals surface area contributed by atoms with Crippen LogP contribution in [-0.2, 0) is 24.1 Å². The van der Waals surface area contributed by atoms with E-state index in [4.69, 9.17) is 33.7 Å². The monoisotopic (exact) mass is 785 g/mol. The molecule has 4 aromatic rings. The molecule has 56 heavy (non-hydrogen) atoms. The Morgan fingerprint density at radius 1 is 0.946 bits per heavy atom. The fraction of sp³-hybridized carbons (Fsp3) is 0.452. The molecule has 7 rings (SSSR count). The summed E-state index contributed by atoms with van der Waals surface area (Å²) in [5.41, 5.74) is 3.62. The molecule has 2 saturated carbocycles. The number of nitrogen functional groups attached to an aromatic ring is 1. The zero-order valence-electron chi connectivity index (χ0n) is 32.5. The molecule has 2 aliphatic carbocycles. The summed E-state index contributed by atoms with van der Waals surface area (Å²) in [6.45, 7) is 8.19. The Morgan fingerprint density at radius 2 is 1.52 bits per heavy atom. The Hall–Kier alpha value is -4.41. The van der Waals surface area contributed by atoms with Gasteiger partial charge in [0.15, 0.2) is 12.4 Å². The van der Waals surface area contributed by atoms with Gasteiger partial charge in [0.05, 0.1) is 33.3 Å². The Balaban J connectivity index is 1.41. The Morgan fingerprint density at radius 3 is 2.05 bits per heavy atom. The van der Waals surface area contributed by atoms with E-state index in [1.54, 1.807) is 14.2 Å². The maximum atomic E-state index is 17.8. The summed E-state index contributed by atoms with van der Waals surface area (Å²) in [5.74, 6) is 1.18. The van der Waals surface area contributed by atoms with E-state index in [1.165, 1.54) is 12.3 Å². The van der Waals surface area contributed by atoms with Crippen molar-refractivity contribution in [2.75, 3.05) is 26.6 Å². The molecule has 0 spiro atoms. The van der Waals surface area contributed by atoms with Crippen LogP contribution in [0.4, 0.5) is 10.2 Å². The number of ether oxygens (including phenoxy) is 4. The molecule has 1 aliphatic heterocycles. The minimum absolute atomic E-state index is 0.0124. The summed E-state index contributed by atoms with van der Waals surface area (Å²) < 4.78 is 60.2. The lowest BCUT2D eigenvalue weighted by Gasteiger charge is -2.44. The number of anilines is 1. The number of benzene rings is 3. The average molecular weight is 786 g/mol. The minimum atomic E-state index is -1.93. The van der Waals surface area contributed by atoms with Gasteiger partial charge in [0, 0.05) is 18.3 Å². The number of methoxy groups -OCH3 is 2. The van der Waals surface area contributed by atoms with E-state index in [9.17, 15) is 10.1 Å². The van der Waals surface area contributed by atoms with Crippen LogP contribution in [0.15, 0.2) is 95.9 Å². The normalized spacial score (nSPS) is 25.9. The minimum Gasteiger partial charge on any atom is -0.497 e. The van der Waals surface area contributed by atoms with Crippen molar-refractivity contribution in [2.45, 2.75) is 94.3 Å². The lowest BCUT2D eigenvalue weighted by molar-refractivity contribution is -0.162. The van der Waals surface area contributed by atoms with Gasteiger partial charge >= 0.3 is 5.69 Å². The molecule has 1 unspecified atom stereocenters. The van der Waals surface area contributed by atoms with Crippen molar-refractivity contribution in [3.8, 4) is 17.6 Å². The Kier molecular flexibility index (Phi) is 11.3. The molecular formula is C42H49FN5O7P. The fourth-order valence-corrected chi connectivity index (χ4v) is 10.4. The van der Waals surface area contributed by atoms with Crippen molar-refractivity contribution in [3.05, 3.63) is 118 Å². The summed E-state index contributed by atoms with van der Waals surface area (Å²) in [5, 5.41) is 9.41. The number of rotatable bonds is 16. The van der Waals surface area contributed by atoms with Gasteiger partial charge in [-0.25, -0.2) is 13.9 Å². The molecule has 0 radical (unpaired) electrons. The largest absolute Gasteiger partial charge is 0.497 e. The zero-order valence-corrected chi connectivity index (χ0v) is 33.4. The molecule has 14 heteroatoms. The smallest absolute Gasteiger partial charge is 0.351 e. The van der Waals surface area contributed by atoms with E-state index in [-0.39, 0.29) is 43.3 Å². The van der Waals surface area contributed by atoms with Crippen LogP contribution >= 0.6 is 8.53 Å². The summed E-state index contributed by atoms with van der Waals surface area (Å²) in [4.78, 5) is 17.2. The molecule has 296 valence electrons. The van der Waals surface area contributed by atoms with Crippen molar-refractivity contribution in [1.82, 2.24) is 14.2 Å². The van der Waals surface area contributed by atoms with Crippen LogP contribution in [0.2, 0.25) is 0 Å². The molecule has 2 N–H and O–H groups in total.